The summed E-state index contributed by atoms with van der Waals surface area (Å²) < 4.78 is 5.45. The number of aromatic nitrogens is 2. The Labute approximate surface area is 140 Å². The van der Waals surface area contributed by atoms with Gasteiger partial charge < -0.3 is 14.3 Å². The van der Waals surface area contributed by atoms with Gasteiger partial charge in [-0.15, -0.1) is 0 Å². The first-order chi connectivity index (χ1) is 10.9. The molecule has 0 radical (unpaired) electrons. The Morgan fingerprint density at radius 2 is 1.78 bits per heavy atom. The van der Waals surface area contributed by atoms with E-state index in [1.165, 1.54) is 45.3 Å². The van der Waals surface area contributed by atoms with E-state index in [9.17, 15) is 0 Å². The molecule has 2 fully saturated rings. The third-order valence-corrected chi connectivity index (χ3v) is 5.74. The van der Waals surface area contributed by atoms with Crippen LogP contribution in [0.4, 0.5) is 5.95 Å². The van der Waals surface area contributed by atoms with Crippen molar-refractivity contribution in [3.63, 3.8) is 0 Å². The average molecular weight is 320 g/mol. The number of anilines is 1. The standard InChI is InChI=1S/C18H32N4O/c1-18(2)9-5-14(6-10-18)13-22-11-7-15(8-12-22)16-19-17(20-23-16)21(3)4/h14-15H,5-13H2,1-4H3. The summed E-state index contributed by atoms with van der Waals surface area (Å²) in [6, 6.07) is 0. The van der Waals surface area contributed by atoms with Gasteiger partial charge in [-0.1, -0.05) is 13.8 Å². The Hall–Kier alpha value is -1.10. The zero-order valence-corrected chi connectivity index (χ0v) is 15.2. The summed E-state index contributed by atoms with van der Waals surface area (Å²) in [6.45, 7) is 8.46. The molecule has 0 N–H and O–H groups in total. The number of hydrogen-bond donors (Lipinski definition) is 0. The smallest absolute Gasteiger partial charge is 0.265 e. The molecule has 1 aromatic rings. The molecule has 1 aliphatic carbocycles. The zero-order valence-electron chi connectivity index (χ0n) is 15.2. The van der Waals surface area contributed by atoms with Gasteiger partial charge in [-0.05, 0) is 68.1 Å². The fourth-order valence-corrected chi connectivity index (χ4v) is 3.94. The van der Waals surface area contributed by atoms with Gasteiger partial charge in [0, 0.05) is 26.6 Å². The Morgan fingerprint density at radius 1 is 1.13 bits per heavy atom. The molecular formula is C18H32N4O. The van der Waals surface area contributed by atoms with E-state index in [4.69, 9.17) is 4.52 Å². The van der Waals surface area contributed by atoms with Crippen molar-refractivity contribution in [1.29, 1.82) is 0 Å². The highest BCUT2D eigenvalue weighted by Gasteiger charge is 2.30. The molecule has 1 aromatic heterocycles. The molecule has 0 bridgehead atoms. The summed E-state index contributed by atoms with van der Waals surface area (Å²) in [4.78, 5) is 9.07. The van der Waals surface area contributed by atoms with Crippen LogP contribution < -0.4 is 4.90 Å². The Kier molecular flexibility index (Phi) is 4.95. The van der Waals surface area contributed by atoms with Crippen molar-refractivity contribution in [1.82, 2.24) is 15.0 Å². The fraction of sp³-hybridized carbons (Fsp3) is 0.889. The highest BCUT2D eigenvalue weighted by atomic mass is 16.5. The van der Waals surface area contributed by atoms with E-state index in [-0.39, 0.29) is 0 Å². The predicted molar refractivity (Wildman–Crippen MR) is 92.8 cm³/mol. The molecule has 5 heteroatoms. The molecule has 0 aromatic carbocycles. The molecule has 5 nitrogen and oxygen atoms in total. The highest BCUT2D eigenvalue weighted by Crippen LogP contribution is 2.38. The molecule has 23 heavy (non-hydrogen) atoms. The molecule has 1 saturated carbocycles. The second-order valence-corrected chi connectivity index (χ2v) is 8.51. The Bertz CT molecular complexity index is 493. The fourth-order valence-electron chi connectivity index (χ4n) is 3.94. The minimum atomic E-state index is 0.442. The SMILES string of the molecule is CN(C)c1noc(C2CCN(CC3CCC(C)(C)CC3)CC2)n1. The molecule has 0 unspecified atom stereocenters. The number of likely N-dealkylation sites (tertiary alicyclic amines) is 1. The first-order valence-electron chi connectivity index (χ1n) is 9.16. The van der Waals surface area contributed by atoms with Gasteiger partial charge in [-0.25, -0.2) is 0 Å². The molecule has 2 heterocycles. The normalized spacial score (nSPS) is 24.0. The van der Waals surface area contributed by atoms with Gasteiger partial charge in [0.15, 0.2) is 0 Å². The van der Waals surface area contributed by atoms with Crippen LogP contribution in [0.3, 0.4) is 0 Å². The topological polar surface area (TPSA) is 45.4 Å². The Morgan fingerprint density at radius 3 is 2.35 bits per heavy atom. The van der Waals surface area contributed by atoms with Crippen LogP contribution in [-0.4, -0.2) is 48.8 Å². The molecule has 0 spiro atoms. The minimum absolute atomic E-state index is 0.442. The van der Waals surface area contributed by atoms with E-state index in [1.54, 1.807) is 0 Å². The van der Waals surface area contributed by atoms with E-state index < -0.39 is 0 Å². The van der Waals surface area contributed by atoms with Gasteiger partial charge in [0.25, 0.3) is 5.95 Å². The maximum atomic E-state index is 5.45. The van der Waals surface area contributed by atoms with Crippen LogP contribution in [-0.2, 0) is 0 Å². The summed E-state index contributed by atoms with van der Waals surface area (Å²) >= 11 is 0. The van der Waals surface area contributed by atoms with Gasteiger partial charge in [0.2, 0.25) is 5.89 Å². The van der Waals surface area contributed by atoms with Crippen molar-refractivity contribution >= 4 is 5.95 Å². The van der Waals surface area contributed by atoms with Crippen molar-refractivity contribution in [2.24, 2.45) is 11.3 Å². The van der Waals surface area contributed by atoms with Gasteiger partial charge in [0.1, 0.15) is 0 Å². The van der Waals surface area contributed by atoms with E-state index in [2.05, 4.69) is 28.9 Å². The van der Waals surface area contributed by atoms with E-state index in [0.717, 1.165) is 24.7 Å². The maximum Gasteiger partial charge on any atom is 0.265 e. The van der Waals surface area contributed by atoms with Gasteiger partial charge in [-0.2, -0.15) is 4.98 Å². The van der Waals surface area contributed by atoms with Crippen molar-refractivity contribution in [2.45, 2.75) is 58.3 Å². The zero-order chi connectivity index (χ0) is 16.4. The third-order valence-electron chi connectivity index (χ3n) is 5.74. The van der Waals surface area contributed by atoms with E-state index >= 15 is 0 Å². The lowest BCUT2D eigenvalue weighted by atomic mass is 9.73. The van der Waals surface area contributed by atoms with E-state index in [1.807, 2.05) is 19.0 Å². The lowest BCUT2D eigenvalue weighted by molar-refractivity contribution is 0.123. The lowest BCUT2D eigenvalue weighted by Gasteiger charge is -2.38. The van der Waals surface area contributed by atoms with Crippen molar-refractivity contribution in [3.8, 4) is 0 Å². The van der Waals surface area contributed by atoms with Gasteiger partial charge in [0.05, 0.1) is 0 Å². The summed E-state index contributed by atoms with van der Waals surface area (Å²) in [5.41, 5.74) is 0.575. The van der Waals surface area contributed by atoms with Crippen molar-refractivity contribution in [3.05, 3.63) is 5.89 Å². The highest BCUT2D eigenvalue weighted by molar-refractivity contribution is 5.24. The monoisotopic (exact) mass is 320 g/mol. The number of piperidine rings is 1. The first kappa shape index (κ1) is 16.7. The van der Waals surface area contributed by atoms with Crippen LogP contribution in [0, 0.1) is 11.3 Å². The maximum absolute atomic E-state index is 5.45. The molecule has 0 amide bonds. The average Bonchev–Trinajstić information content (AvgIpc) is 3.00. The third kappa shape index (κ3) is 4.25. The second-order valence-electron chi connectivity index (χ2n) is 8.51. The summed E-state index contributed by atoms with van der Waals surface area (Å²) in [5.74, 6) is 2.86. The molecule has 2 aliphatic rings. The van der Waals surface area contributed by atoms with Crippen LogP contribution in [0.5, 0.6) is 0 Å². The van der Waals surface area contributed by atoms with Crippen LogP contribution in [0.25, 0.3) is 0 Å². The predicted octanol–water partition coefficient (Wildman–Crippen LogP) is 3.53. The molecule has 130 valence electrons. The summed E-state index contributed by atoms with van der Waals surface area (Å²) in [7, 11) is 3.89. The number of rotatable bonds is 4. The Balaban J connectivity index is 1.45. The molecule has 1 saturated heterocycles. The summed E-state index contributed by atoms with van der Waals surface area (Å²) in [6.07, 6.45) is 7.89. The first-order valence-corrected chi connectivity index (χ1v) is 9.16. The van der Waals surface area contributed by atoms with Crippen molar-refractivity contribution < 1.29 is 4.52 Å². The van der Waals surface area contributed by atoms with Gasteiger partial charge in [-0.3, -0.25) is 0 Å². The van der Waals surface area contributed by atoms with Crippen molar-refractivity contribution in [2.75, 3.05) is 38.6 Å². The molecule has 1 aliphatic heterocycles. The quantitative estimate of drug-likeness (QED) is 0.849. The van der Waals surface area contributed by atoms with Crippen LogP contribution >= 0.6 is 0 Å². The number of nitrogens with zero attached hydrogens (tertiary/aromatic N) is 4. The number of hydrogen-bond acceptors (Lipinski definition) is 5. The molecule has 0 atom stereocenters. The lowest BCUT2D eigenvalue weighted by Crippen LogP contribution is -2.38. The van der Waals surface area contributed by atoms with Crippen LogP contribution in [0.1, 0.15) is 64.2 Å². The van der Waals surface area contributed by atoms with E-state index in [0.29, 0.717) is 17.3 Å². The largest absolute Gasteiger partial charge is 0.344 e. The molecular weight excluding hydrogens is 288 g/mol. The second kappa shape index (κ2) is 6.80. The van der Waals surface area contributed by atoms with Gasteiger partial charge >= 0.3 is 0 Å². The van der Waals surface area contributed by atoms with Crippen LogP contribution in [0.15, 0.2) is 4.52 Å². The minimum Gasteiger partial charge on any atom is -0.344 e. The summed E-state index contributed by atoms with van der Waals surface area (Å²) in [5, 5.41) is 4.04. The molecule has 3 rings (SSSR count). The van der Waals surface area contributed by atoms with Crippen LogP contribution in [0.2, 0.25) is 0 Å².